The van der Waals surface area contributed by atoms with Gasteiger partial charge in [-0.1, -0.05) is 0 Å². The van der Waals surface area contributed by atoms with Crippen molar-refractivity contribution < 1.29 is 39.8 Å². The minimum atomic E-state index is -0.867. The van der Waals surface area contributed by atoms with E-state index in [4.69, 9.17) is 0 Å². The molecule has 2 rings (SSSR count). The van der Waals surface area contributed by atoms with Crippen LogP contribution in [0, 0.1) is 11.9 Å². The molecule has 1 saturated heterocycles. The van der Waals surface area contributed by atoms with Gasteiger partial charge in [-0.3, -0.25) is 19.3 Å². The van der Waals surface area contributed by atoms with Crippen molar-refractivity contribution in [2.24, 2.45) is 0 Å². The van der Waals surface area contributed by atoms with Crippen LogP contribution in [0.5, 0.6) is 0 Å². The van der Waals surface area contributed by atoms with Crippen molar-refractivity contribution in [3.05, 3.63) is 41.0 Å². The number of carbonyl (C=O) groups is 3. The van der Waals surface area contributed by atoms with Gasteiger partial charge in [-0.05, 0) is 18.4 Å². The molecule has 0 saturated carbocycles. The average molecular weight is 432 g/mol. The first-order valence-corrected chi connectivity index (χ1v) is 5.32. The Bertz CT molecular complexity index is 504. The Labute approximate surface area is 123 Å². The SMILES string of the molecule is O=C1CCC([N-]C(=O)c2[c-]cc(F)cc2)C(=O)N1.[W+2]. The first kappa shape index (κ1) is 15.5. The first-order chi connectivity index (χ1) is 8.56. The minimum absolute atomic E-state index is 0. The fraction of sp³-hybridized carbons (Fsp3) is 0.250. The monoisotopic (exact) mass is 432 g/mol. The number of hydrogen-bond donors (Lipinski definition) is 1. The molecular weight excluding hydrogens is 423 g/mol. The Balaban J connectivity index is 0.00000180. The Kier molecular flexibility index (Phi) is 5.36. The van der Waals surface area contributed by atoms with Crippen LogP contribution in [0.4, 0.5) is 4.39 Å². The van der Waals surface area contributed by atoms with Crippen LogP contribution >= 0.6 is 0 Å². The molecule has 3 amide bonds. The molecule has 1 aliphatic rings. The van der Waals surface area contributed by atoms with Crippen molar-refractivity contribution >= 4 is 17.7 Å². The van der Waals surface area contributed by atoms with Gasteiger partial charge >= 0.3 is 21.1 Å². The molecule has 0 aromatic heterocycles. The van der Waals surface area contributed by atoms with Crippen molar-refractivity contribution in [1.29, 1.82) is 0 Å². The van der Waals surface area contributed by atoms with E-state index in [1.54, 1.807) is 0 Å². The van der Waals surface area contributed by atoms with Gasteiger partial charge in [-0.2, -0.15) is 0 Å². The average Bonchev–Trinajstić information content (AvgIpc) is 2.33. The third kappa shape index (κ3) is 3.96. The standard InChI is InChI=1S/C12H10FN2O3.W/c13-8-3-1-7(2-4-8)11(17)14-9-5-6-10(16)15-12(9)18;/h1,3-4,9H,5-6H2,(H2,14,15,16,17,18);/q-1;+2/p-1. The first-order valence-electron chi connectivity index (χ1n) is 5.32. The summed E-state index contributed by atoms with van der Waals surface area (Å²) in [5.74, 6) is -2.11. The second-order valence-electron chi connectivity index (χ2n) is 3.82. The largest absolute Gasteiger partial charge is 2.00 e. The molecule has 0 spiro atoms. The molecule has 1 fully saturated rings. The molecule has 19 heavy (non-hydrogen) atoms. The maximum atomic E-state index is 12.6. The maximum absolute atomic E-state index is 12.6. The third-order valence-electron chi connectivity index (χ3n) is 2.49. The summed E-state index contributed by atoms with van der Waals surface area (Å²) >= 11 is 0. The predicted molar refractivity (Wildman–Crippen MR) is 59.1 cm³/mol. The van der Waals surface area contributed by atoms with E-state index in [-0.39, 0.29) is 45.4 Å². The minimum Gasteiger partial charge on any atom is -0.684 e. The van der Waals surface area contributed by atoms with E-state index >= 15 is 0 Å². The van der Waals surface area contributed by atoms with Gasteiger partial charge in [0, 0.05) is 12.2 Å². The fourth-order valence-electron chi connectivity index (χ4n) is 1.56. The summed E-state index contributed by atoms with van der Waals surface area (Å²) in [7, 11) is 0. The number of piperidine rings is 1. The van der Waals surface area contributed by atoms with Gasteiger partial charge in [-0.25, -0.2) is 0 Å². The van der Waals surface area contributed by atoms with E-state index in [0.717, 1.165) is 12.1 Å². The summed E-state index contributed by atoms with van der Waals surface area (Å²) in [6.45, 7) is 0. The van der Waals surface area contributed by atoms with Crippen LogP contribution < -0.4 is 5.32 Å². The zero-order valence-corrected chi connectivity index (χ0v) is 12.6. The number of nitrogens with zero attached hydrogens (tertiary/aromatic N) is 1. The number of amides is 3. The van der Waals surface area contributed by atoms with Gasteiger partial charge in [0.1, 0.15) is 0 Å². The quantitative estimate of drug-likeness (QED) is 0.559. The second kappa shape index (κ2) is 6.57. The summed E-state index contributed by atoms with van der Waals surface area (Å²) < 4.78 is 12.6. The summed E-state index contributed by atoms with van der Waals surface area (Å²) in [6.07, 6.45) is 0.359. The van der Waals surface area contributed by atoms with Crippen LogP contribution in [-0.2, 0) is 30.7 Å². The third-order valence-corrected chi connectivity index (χ3v) is 2.49. The van der Waals surface area contributed by atoms with Crippen LogP contribution in [-0.4, -0.2) is 23.8 Å². The molecular formula is C12H9FN2O3W. The van der Waals surface area contributed by atoms with Crippen LogP contribution in [0.2, 0.25) is 0 Å². The normalized spacial score (nSPS) is 18.3. The van der Waals surface area contributed by atoms with E-state index in [2.05, 4.69) is 16.7 Å². The number of rotatable bonds is 2. The maximum Gasteiger partial charge on any atom is 2.00 e. The molecule has 0 radical (unpaired) electrons. The topological polar surface area (TPSA) is 77.3 Å². The molecule has 1 aromatic carbocycles. The molecule has 0 bridgehead atoms. The van der Waals surface area contributed by atoms with E-state index < -0.39 is 23.7 Å². The zero-order valence-electron chi connectivity index (χ0n) is 9.68. The summed E-state index contributed by atoms with van der Waals surface area (Å²) in [5.41, 5.74) is 0.0844. The molecule has 98 valence electrons. The molecule has 1 heterocycles. The van der Waals surface area contributed by atoms with Crippen molar-refractivity contribution in [3.63, 3.8) is 0 Å². The number of nitrogens with one attached hydrogen (secondary N) is 1. The van der Waals surface area contributed by atoms with E-state index in [1.165, 1.54) is 6.07 Å². The van der Waals surface area contributed by atoms with Gasteiger partial charge in [0.25, 0.3) is 0 Å². The molecule has 1 aliphatic heterocycles. The summed E-state index contributed by atoms with van der Waals surface area (Å²) in [4.78, 5) is 33.9. The number of benzene rings is 1. The summed E-state index contributed by atoms with van der Waals surface area (Å²) in [5, 5.41) is 5.80. The molecule has 7 heteroatoms. The van der Waals surface area contributed by atoms with Gasteiger partial charge in [0.15, 0.2) is 0 Å². The van der Waals surface area contributed by atoms with Crippen LogP contribution in [0.1, 0.15) is 23.2 Å². The van der Waals surface area contributed by atoms with Gasteiger partial charge < -0.3 is 10.1 Å². The van der Waals surface area contributed by atoms with E-state index in [9.17, 15) is 18.8 Å². The van der Waals surface area contributed by atoms with Crippen molar-refractivity contribution in [2.45, 2.75) is 18.9 Å². The molecule has 0 aliphatic carbocycles. The van der Waals surface area contributed by atoms with Gasteiger partial charge in [-0.15, -0.1) is 29.8 Å². The Morgan fingerprint density at radius 1 is 1.42 bits per heavy atom. The Morgan fingerprint density at radius 2 is 2.16 bits per heavy atom. The number of imide groups is 1. The molecule has 1 unspecified atom stereocenters. The van der Waals surface area contributed by atoms with Gasteiger partial charge in [0.2, 0.25) is 11.8 Å². The number of carbonyl (C=O) groups excluding carboxylic acids is 3. The Morgan fingerprint density at radius 3 is 2.74 bits per heavy atom. The van der Waals surface area contributed by atoms with Crippen LogP contribution in [0.3, 0.4) is 0 Å². The van der Waals surface area contributed by atoms with Crippen LogP contribution in [0.25, 0.3) is 5.32 Å². The zero-order chi connectivity index (χ0) is 13.1. The van der Waals surface area contributed by atoms with Crippen molar-refractivity contribution in [2.75, 3.05) is 0 Å². The molecule has 1 aromatic rings. The van der Waals surface area contributed by atoms with Crippen molar-refractivity contribution in [1.82, 2.24) is 5.32 Å². The predicted octanol–water partition coefficient (Wildman–Crippen LogP) is 0.942. The Hall–Kier alpha value is -1.55. The fourth-order valence-corrected chi connectivity index (χ4v) is 1.56. The van der Waals surface area contributed by atoms with Gasteiger partial charge in [0.05, 0.1) is 0 Å². The molecule has 5 nitrogen and oxygen atoms in total. The molecule has 1 N–H and O–H groups in total. The van der Waals surface area contributed by atoms with E-state index in [1.807, 2.05) is 0 Å². The second-order valence-corrected chi connectivity index (χ2v) is 3.82. The van der Waals surface area contributed by atoms with Crippen LogP contribution in [0.15, 0.2) is 18.2 Å². The van der Waals surface area contributed by atoms with Crippen molar-refractivity contribution in [3.8, 4) is 0 Å². The molecule has 1 atom stereocenters. The summed E-state index contributed by atoms with van der Waals surface area (Å²) in [6, 6.07) is 4.94. The van der Waals surface area contributed by atoms with E-state index in [0.29, 0.717) is 0 Å². The number of halogens is 1. The number of hydrogen-bond acceptors (Lipinski definition) is 3. The smallest absolute Gasteiger partial charge is 0.684 e.